The monoisotopic (exact) mass is 369 g/mol. The number of nitrogens with zero attached hydrogens (tertiary/aromatic N) is 1. The molecule has 0 saturated heterocycles. The lowest BCUT2D eigenvalue weighted by Crippen LogP contribution is -2.13. The minimum Gasteiger partial charge on any atom is -0.494 e. The maximum absolute atomic E-state index is 14.4. The summed E-state index contributed by atoms with van der Waals surface area (Å²) in [5, 5.41) is 0. The molecule has 0 unspecified atom stereocenters. The molecule has 3 rings (SSSR count). The molecule has 0 radical (unpaired) electrons. The second kappa shape index (κ2) is 9.87. The van der Waals surface area contributed by atoms with E-state index in [1.54, 1.807) is 12.1 Å². The average Bonchev–Trinajstić information content (AvgIpc) is 2.69. The van der Waals surface area contributed by atoms with Crippen molar-refractivity contribution in [1.82, 2.24) is 4.98 Å². The number of halogens is 1. The van der Waals surface area contributed by atoms with Crippen LogP contribution in [0.4, 0.5) is 4.39 Å². The van der Waals surface area contributed by atoms with E-state index in [2.05, 4.69) is 18.0 Å². The lowest BCUT2D eigenvalue weighted by atomic mass is 9.77. The zero-order valence-corrected chi connectivity index (χ0v) is 16.7. The van der Waals surface area contributed by atoms with Gasteiger partial charge in [-0.05, 0) is 68.2 Å². The Balaban J connectivity index is 1.60. The molecule has 1 aliphatic rings. The second-order valence-electron chi connectivity index (χ2n) is 7.76. The van der Waals surface area contributed by atoms with Crippen LogP contribution in [-0.4, -0.2) is 11.6 Å². The summed E-state index contributed by atoms with van der Waals surface area (Å²) in [4.78, 5) is 4.56. The standard InChI is InChI=1S/C24H32FNO/c1-3-5-6-7-18-8-10-19(11-9-18)20-12-15-24(26-17-20)22-14-13-21(27-4-2)16-23(22)25/h12-19H,3-11H2,1-2H3. The molecule has 0 N–H and O–H groups in total. The Kier molecular flexibility index (Phi) is 7.25. The van der Waals surface area contributed by atoms with E-state index in [1.165, 1.54) is 63.0 Å². The van der Waals surface area contributed by atoms with Gasteiger partial charge >= 0.3 is 0 Å². The van der Waals surface area contributed by atoms with Crippen LogP contribution in [0.3, 0.4) is 0 Å². The van der Waals surface area contributed by atoms with Crippen molar-refractivity contribution in [2.75, 3.05) is 6.61 Å². The highest BCUT2D eigenvalue weighted by Crippen LogP contribution is 2.38. The number of hydrogen-bond donors (Lipinski definition) is 0. The van der Waals surface area contributed by atoms with Crippen LogP contribution in [0.5, 0.6) is 5.75 Å². The zero-order chi connectivity index (χ0) is 19.1. The SMILES string of the molecule is CCCCCC1CCC(c2ccc(-c3ccc(OCC)cc3F)nc2)CC1. The Morgan fingerprint density at radius 1 is 1.04 bits per heavy atom. The number of pyridine rings is 1. The van der Waals surface area contributed by atoms with E-state index in [1.807, 2.05) is 19.2 Å². The number of hydrogen-bond acceptors (Lipinski definition) is 2. The summed E-state index contributed by atoms with van der Waals surface area (Å²) in [7, 11) is 0. The molecule has 2 aromatic rings. The van der Waals surface area contributed by atoms with Crippen molar-refractivity contribution in [3.63, 3.8) is 0 Å². The predicted molar refractivity (Wildman–Crippen MR) is 110 cm³/mol. The van der Waals surface area contributed by atoms with Crippen LogP contribution >= 0.6 is 0 Å². The molecular formula is C24H32FNO. The van der Waals surface area contributed by atoms with Gasteiger partial charge < -0.3 is 4.74 Å². The molecule has 2 nitrogen and oxygen atoms in total. The van der Waals surface area contributed by atoms with Crippen LogP contribution < -0.4 is 4.74 Å². The van der Waals surface area contributed by atoms with Gasteiger partial charge in [-0.25, -0.2) is 4.39 Å². The molecule has 1 saturated carbocycles. The Morgan fingerprint density at radius 2 is 1.85 bits per heavy atom. The quantitative estimate of drug-likeness (QED) is 0.461. The van der Waals surface area contributed by atoms with E-state index < -0.39 is 0 Å². The summed E-state index contributed by atoms with van der Waals surface area (Å²) in [6.45, 7) is 4.70. The van der Waals surface area contributed by atoms with E-state index >= 15 is 0 Å². The van der Waals surface area contributed by atoms with Gasteiger partial charge in [0, 0.05) is 17.8 Å². The third kappa shape index (κ3) is 5.31. The summed E-state index contributed by atoms with van der Waals surface area (Å²) >= 11 is 0. The fourth-order valence-corrected chi connectivity index (χ4v) is 4.23. The number of rotatable bonds is 8. The van der Waals surface area contributed by atoms with Crippen molar-refractivity contribution in [2.24, 2.45) is 5.92 Å². The predicted octanol–water partition coefficient (Wildman–Crippen LogP) is 7.14. The van der Waals surface area contributed by atoms with Crippen LogP contribution in [-0.2, 0) is 0 Å². The van der Waals surface area contributed by atoms with Gasteiger partial charge in [0.15, 0.2) is 0 Å². The van der Waals surface area contributed by atoms with Crippen molar-refractivity contribution >= 4 is 0 Å². The fourth-order valence-electron chi connectivity index (χ4n) is 4.23. The molecule has 1 fully saturated rings. The lowest BCUT2D eigenvalue weighted by Gasteiger charge is -2.28. The Bertz CT molecular complexity index is 705. The topological polar surface area (TPSA) is 22.1 Å². The summed E-state index contributed by atoms with van der Waals surface area (Å²) in [6, 6.07) is 9.09. The first-order valence-electron chi connectivity index (χ1n) is 10.6. The van der Waals surface area contributed by atoms with Gasteiger partial charge in [-0.2, -0.15) is 0 Å². The molecule has 0 atom stereocenters. The maximum Gasteiger partial charge on any atom is 0.136 e. The van der Waals surface area contributed by atoms with Gasteiger partial charge in [-0.1, -0.05) is 38.7 Å². The first kappa shape index (κ1) is 19.9. The van der Waals surface area contributed by atoms with Crippen LogP contribution in [0.25, 0.3) is 11.3 Å². The molecule has 27 heavy (non-hydrogen) atoms. The molecule has 0 bridgehead atoms. The van der Waals surface area contributed by atoms with Crippen molar-refractivity contribution in [1.29, 1.82) is 0 Å². The van der Waals surface area contributed by atoms with Crippen LogP contribution in [0.1, 0.15) is 76.7 Å². The smallest absolute Gasteiger partial charge is 0.136 e. The van der Waals surface area contributed by atoms with Crippen molar-refractivity contribution in [2.45, 2.75) is 71.1 Å². The van der Waals surface area contributed by atoms with E-state index in [4.69, 9.17) is 4.74 Å². The van der Waals surface area contributed by atoms with Crippen LogP contribution in [0, 0.1) is 11.7 Å². The van der Waals surface area contributed by atoms with Gasteiger partial charge in [0.25, 0.3) is 0 Å². The zero-order valence-electron chi connectivity index (χ0n) is 16.7. The largest absolute Gasteiger partial charge is 0.494 e. The Morgan fingerprint density at radius 3 is 2.48 bits per heavy atom. The van der Waals surface area contributed by atoms with Gasteiger partial charge in [0.2, 0.25) is 0 Å². The Hall–Kier alpha value is -1.90. The van der Waals surface area contributed by atoms with Crippen LogP contribution in [0.15, 0.2) is 36.5 Å². The van der Waals surface area contributed by atoms with Crippen LogP contribution in [0.2, 0.25) is 0 Å². The molecule has 0 amide bonds. The van der Waals surface area contributed by atoms with E-state index in [-0.39, 0.29) is 5.82 Å². The van der Waals surface area contributed by atoms with Crippen molar-refractivity contribution < 1.29 is 9.13 Å². The highest BCUT2D eigenvalue weighted by molar-refractivity contribution is 5.61. The van der Waals surface area contributed by atoms with Gasteiger partial charge in [-0.15, -0.1) is 0 Å². The molecular weight excluding hydrogens is 337 g/mol. The molecule has 0 spiro atoms. The summed E-state index contributed by atoms with van der Waals surface area (Å²) in [5.74, 6) is 1.80. The molecule has 0 aliphatic heterocycles. The third-order valence-corrected chi connectivity index (χ3v) is 5.85. The summed E-state index contributed by atoms with van der Waals surface area (Å²) in [5.41, 5.74) is 2.52. The molecule has 1 aromatic heterocycles. The van der Waals surface area contributed by atoms with Gasteiger partial charge in [0.05, 0.1) is 12.3 Å². The number of benzene rings is 1. The van der Waals surface area contributed by atoms with E-state index in [9.17, 15) is 4.39 Å². The average molecular weight is 370 g/mol. The second-order valence-corrected chi connectivity index (χ2v) is 7.76. The first-order valence-corrected chi connectivity index (χ1v) is 10.6. The van der Waals surface area contributed by atoms with Gasteiger partial charge in [-0.3, -0.25) is 4.98 Å². The normalized spacial score (nSPS) is 19.8. The fraction of sp³-hybridized carbons (Fsp3) is 0.542. The molecule has 3 heteroatoms. The van der Waals surface area contributed by atoms with Crippen molar-refractivity contribution in [3.05, 3.63) is 47.9 Å². The van der Waals surface area contributed by atoms with Gasteiger partial charge in [0.1, 0.15) is 11.6 Å². The van der Waals surface area contributed by atoms with E-state index in [0.717, 1.165) is 5.92 Å². The minimum atomic E-state index is -0.284. The molecule has 1 aliphatic carbocycles. The highest BCUT2D eigenvalue weighted by Gasteiger charge is 2.22. The minimum absolute atomic E-state index is 0.284. The summed E-state index contributed by atoms with van der Waals surface area (Å²) < 4.78 is 19.7. The lowest BCUT2D eigenvalue weighted by molar-refractivity contribution is 0.302. The third-order valence-electron chi connectivity index (χ3n) is 5.85. The number of aromatic nitrogens is 1. The number of ether oxygens (including phenoxy) is 1. The number of unbranched alkanes of at least 4 members (excludes halogenated alkanes) is 2. The molecule has 146 valence electrons. The molecule has 1 heterocycles. The maximum atomic E-state index is 14.4. The first-order chi connectivity index (χ1) is 13.2. The van der Waals surface area contributed by atoms with Crippen molar-refractivity contribution in [3.8, 4) is 17.0 Å². The van der Waals surface area contributed by atoms with E-state index in [0.29, 0.717) is 29.5 Å². The highest BCUT2D eigenvalue weighted by atomic mass is 19.1. The molecule has 1 aromatic carbocycles. The Labute approximate surface area is 163 Å². The summed E-state index contributed by atoms with van der Waals surface area (Å²) in [6.07, 6.45) is 12.6.